The van der Waals surface area contributed by atoms with E-state index in [1.807, 2.05) is 36.4 Å². The van der Waals surface area contributed by atoms with Gasteiger partial charge in [0.25, 0.3) is 0 Å². The van der Waals surface area contributed by atoms with Crippen molar-refractivity contribution in [2.24, 2.45) is 4.99 Å². The minimum atomic E-state index is -0.621. The number of nitrogens with zero attached hydrogens (tertiary/aromatic N) is 2. The van der Waals surface area contributed by atoms with Gasteiger partial charge in [0.15, 0.2) is 0 Å². The number of benzene rings is 2. The van der Waals surface area contributed by atoms with Crippen molar-refractivity contribution in [3.05, 3.63) is 81.0 Å². The average molecular weight is 460 g/mol. The molecule has 0 aromatic heterocycles. The van der Waals surface area contributed by atoms with Crippen LogP contribution in [0.3, 0.4) is 0 Å². The molecule has 2 heterocycles. The zero-order valence-corrected chi connectivity index (χ0v) is 18.6. The largest absolute Gasteiger partial charge is 0.466 e. The minimum absolute atomic E-state index is 0.442. The van der Waals surface area contributed by atoms with Crippen molar-refractivity contribution in [2.75, 3.05) is 40.0 Å². The maximum Gasteiger partial charge on any atom is 0.338 e. The van der Waals surface area contributed by atoms with Gasteiger partial charge >= 0.3 is 5.97 Å². The van der Waals surface area contributed by atoms with E-state index in [1.54, 1.807) is 12.1 Å². The van der Waals surface area contributed by atoms with E-state index in [2.05, 4.69) is 10.2 Å². The molecule has 0 bridgehead atoms. The van der Waals surface area contributed by atoms with Crippen molar-refractivity contribution in [2.45, 2.75) is 6.04 Å². The van der Waals surface area contributed by atoms with Crippen LogP contribution in [0.1, 0.15) is 17.2 Å². The molecule has 2 aromatic rings. The number of ether oxygens (including phenoxy) is 2. The Morgan fingerprint density at radius 1 is 1.19 bits per heavy atom. The molecule has 0 amide bonds. The van der Waals surface area contributed by atoms with E-state index in [-0.39, 0.29) is 0 Å². The van der Waals surface area contributed by atoms with E-state index in [1.165, 1.54) is 7.11 Å². The van der Waals surface area contributed by atoms with Crippen LogP contribution in [0.2, 0.25) is 10.0 Å². The van der Waals surface area contributed by atoms with Crippen LogP contribution < -0.4 is 5.32 Å². The van der Waals surface area contributed by atoms with E-state index in [9.17, 15) is 4.79 Å². The number of carbonyl (C=O) groups excluding carboxylic acids is 1. The van der Waals surface area contributed by atoms with Crippen LogP contribution in [0.4, 0.5) is 0 Å². The summed E-state index contributed by atoms with van der Waals surface area (Å²) in [7, 11) is 1.37. The number of esters is 1. The smallest absolute Gasteiger partial charge is 0.338 e. The molecule has 0 radical (unpaired) electrons. The van der Waals surface area contributed by atoms with Crippen molar-refractivity contribution in [1.82, 2.24) is 10.2 Å². The van der Waals surface area contributed by atoms with Crippen molar-refractivity contribution >= 4 is 35.0 Å². The normalized spacial score (nSPS) is 19.6. The van der Waals surface area contributed by atoms with Crippen molar-refractivity contribution in [3.63, 3.8) is 0 Å². The summed E-state index contributed by atoms with van der Waals surface area (Å²) in [5.41, 5.74) is 2.80. The van der Waals surface area contributed by atoms with Gasteiger partial charge < -0.3 is 14.8 Å². The standard InChI is InChI=1S/C23H23Cl2N3O3/c1-30-23(29)20-19(14-28-9-11-31-12-10-28)26-22(15-5-3-2-4-6-15)27-21(20)17-8-7-16(24)13-18(17)25/h2-8,13,21H,9-12,14H2,1H3,(H,26,27). The number of methoxy groups -OCH3 is 1. The number of nitrogens with one attached hydrogen (secondary N) is 1. The molecule has 1 unspecified atom stereocenters. The Kier molecular flexibility index (Phi) is 6.92. The van der Waals surface area contributed by atoms with Crippen LogP contribution in [0.25, 0.3) is 0 Å². The minimum Gasteiger partial charge on any atom is -0.466 e. The fourth-order valence-corrected chi connectivity index (χ4v) is 4.26. The summed E-state index contributed by atoms with van der Waals surface area (Å²) >= 11 is 12.6. The Bertz CT molecular complexity index is 1020. The molecule has 162 valence electrons. The molecule has 2 aromatic carbocycles. The molecule has 1 atom stereocenters. The summed E-state index contributed by atoms with van der Waals surface area (Å²) in [6.07, 6.45) is 0. The Morgan fingerprint density at radius 2 is 1.94 bits per heavy atom. The Labute approximate surface area is 191 Å². The highest BCUT2D eigenvalue weighted by atomic mass is 35.5. The molecule has 2 aliphatic heterocycles. The van der Waals surface area contributed by atoms with Gasteiger partial charge in [-0.25, -0.2) is 4.79 Å². The Balaban J connectivity index is 1.82. The lowest BCUT2D eigenvalue weighted by atomic mass is 9.94. The second-order valence-corrected chi connectivity index (χ2v) is 8.15. The van der Waals surface area contributed by atoms with Gasteiger partial charge in [0.1, 0.15) is 11.9 Å². The van der Waals surface area contributed by atoms with E-state index in [0.29, 0.717) is 46.8 Å². The van der Waals surface area contributed by atoms with Gasteiger partial charge in [0, 0.05) is 46.5 Å². The first-order valence-corrected chi connectivity index (χ1v) is 10.8. The molecule has 1 saturated heterocycles. The maximum absolute atomic E-state index is 12.9. The topological polar surface area (TPSA) is 63.2 Å². The SMILES string of the molecule is COC(=O)C1=C(CN2CCOCC2)NC(c2ccccc2)=NC1c1ccc(Cl)cc1Cl. The van der Waals surface area contributed by atoms with Crippen molar-refractivity contribution in [3.8, 4) is 0 Å². The summed E-state index contributed by atoms with van der Waals surface area (Å²) in [6, 6.07) is 14.4. The number of carbonyl (C=O) groups is 1. The molecule has 6 nitrogen and oxygen atoms in total. The number of amidine groups is 1. The van der Waals surface area contributed by atoms with Gasteiger partial charge in [-0.05, 0) is 12.1 Å². The zero-order valence-electron chi connectivity index (χ0n) is 17.1. The van der Waals surface area contributed by atoms with Gasteiger partial charge in [-0.2, -0.15) is 0 Å². The van der Waals surface area contributed by atoms with Gasteiger partial charge in [0.2, 0.25) is 0 Å². The van der Waals surface area contributed by atoms with Crippen LogP contribution in [0.15, 0.2) is 64.8 Å². The summed E-state index contributed by atoms with van der Waals surface area (Å²) in [4.78, 5) is 20.0. The maximum atomic E-state index is 12.9. The molecule has 0 saturated carbocycles. The summed E-state index contributed by atoms with van der Waals surface area (Å²) in [5, 5.41) is 4.36. The average Bonchev–Trinajstić information content (AvgIpc) is 2.79. The lowest BCUT2D eigenvalue weighted by Gasteiger charge is -2.32. The Morgan fingerprint density at radius 3 is 2.61 bits per heavy atom. The van der Waals surface area contributed by atoms with Crippen LogP contribution in [-0.2, 0) is 14.3 Å². The highest BCUT2D eigenvalue weighted by molar-refractivity contribution is 6.35. The third-order valence-corrected chi connectivity index (χ3v) is 5.88. The van der Waals surface area contributed by atoms with Crippen LogP contribution in [0, 0.1) is 0 Å². The first-order chi connectivity index (χ1) is 15.1. The number of morpholine rings is 1. The second-order valence-electron chi connectivity index (χ2n) is 7.31. The van der Waals surface area contributed by atoms with Crippen molar-refractivity contribution in [1.29, 1.82) is 0 Å². The molecule has 0 spiro atoms. The van der Waals surface area contributed by atoms with Crippen molar-refractivity contribution < 1.29 is 14.3 Å². The molecule has 8 heteroatoms. The van der Waals surface area contributed by atoms with E-state index in [4.69, 9.17) is 37.7 Å². The molecular weight excluding hydrogens is 437 g/mol. The molecule has 1 N–H and O–H groups in total. The summed E-state index contributed by atoms with van der Waals surface area (Å²) in [5.74, 6) is 0.232. The summed E-state index contributed by atoms with van der Waals surface area (Å²) < 4.78 is 10.6. The predicted octanol–water partition coefficient (Wildman–Crippen LogP) is 3.84. The van der Waals surface area contributed by atoms with E-state index >= 15 is 0 Å². The zero-order chi connectivity index (χ0) is 21.8. The molecular formula is C23H23Cl2N3O3. The lowest BCUT2D eigenvalue weighted by molar-refractivity contribution is -0.136. The monoisotopic (exact) mass is 459 g/mol. The quantitative estimate of drug-likeness (QED) is 0.688. The van der Waals surface area contributed by atoms with E-state index in [0.717, 1.165) is 24.4 Å². The molecule has 1 fully saturated rings. The second kappa shape index (κ2) is 9.83. The molecule has 4 rings (SSSR count). The third-order valence-electron chi connectivity index (χ3n) is 5.32. The predicted molar refractivity (Wildman–Crippen MR) is 122 cm³/mol. The number of halogens is 2. The first-order valence-electron chi connectivity index (χ1n) is 10.0. The number of hydrogen-bond acceptors (Lipinski definition) is 6. The van der Waals surface area contributed by atoms with Gasteiger partial charge in [-0.3, -0.25) is 9.89 Å². The third kappa shape index (κ3) is 4.93. The van der Waals surface area contributed by atoms with E-state index < -0.39 is 12.0 Å². The molecule has 0 aliphatic carbocycles. The number of rotatable bonds is 5. The fourth-order valence-electron chi connectivity index (χ4n) is 3.74. The van der Waals surface area contributed by atoms with Crippen LogP contribution in [0.5, 0.6) is 0 Å². The summed E-state index contributed by atoms with van der Waals surface area (Å²) in [6.45, 7) is 3.43. The van der Waals surface area contributed by atoms with Gasteiger partial charge in [-0.1, -0.05) is 59.6 Å². The van der Waals surface area contributed by atoms with Crippen LogP contribution >= 0.6 is 23.2 Å². The Hall–Kier alpha value is -2.38. The molecule has 2 aliphatic rings. The fraction of sp³-hybridized carbons (Fsp3) is 0.304. The lowest BCUT2D eigenvalue weighted by Crippen LogP contribution is -2.43. The number of hydrogen-bond donors (Lipinski definition) is 1. The first kappa shape index (κ1) is 21.8. The van der Waals surface area contributed by atoms with Crippen LogP contribution in [-0.4, -0.2) is 56.7 Å². The molecule has 31 heavy (non-hydrogen) atoms. The van der Waals surface area contributed by atoms with Gasteiger partial charge in [-0.15, -0.1) is 0 Å². The highest BCUT2D eigenvalue weighted by Crippen LogP contribution is 2.37. The highest BCUT2D eigenvalue weighted by Gasteiger charge is 2.34. The number of aliphatic imine (C=N–C) groups is 1. The van der Waals surface area contributed by atoms with Gasteiger partial charge in [0.05, 0.1) is 25.9 Å².